The molecule has 0 bridgehead atoms. The van der Waals surface area contributed by atoms with Crippen LogP contribution < -0.4 is 20.1 Å². The summed E-state index contributed by atoms with van der Waals surface area (Å²) in [6.45, 7) is 9.05. The number of hydrogen-bond donors (Lipinski definition) is 2. The molecular weight excluding hydrogens is 433 g/mol. The van der Waals surface area contributed by atoms with Gasteiger partial charge in [-0.3, -0.25) is 9.69 Å². The predicted octanol–water partition coefficient (Wildman–Crippen LogP) is 3.70. The van der Waals surface area contributed by atoms with E-state index in [1.807, 2.05) is 25.1 Å². The lowest BCUT2D eigenvalue weighted by molar-refractivity contribution is -0.125. The zero-order valence-electron chi connectivity index (χ0n) is 21.0. The highest BCUT2D eigenvalue weighted by Gasteiger charge is 2.36. The second kappa shape index (κ2) is 12.2. The average molecular weight is 472 g/mol. The van der Waals surface area contributed by atoms with Gasteiger partial charge in [0.1, 0.15) is 17.3 Å². The van der Waals surface area contributed by atoms with Crippen molar-refractivity contribution in [2.45, 2.75) is 52.2 Å². The molecule has 2 aromatic carbocycles. The highest BCUT2D eigenvalue weighted by Crippen LogP contribution is 2.31. The van der Waals surface area contributed by atoms with Crippen molar-refractivity contribution in [3.8, 4) is 11.5 Å². The topological polar surface area (TPSA) is 62.8 Å². The first-order valence-electron chi connectivity index (χ1n) is 12.0. The van der Waals surface area contributed by atoms with Crippen LogP contribution in [0, 0.1) is 18.7 Å². The zero-order chi connectivity index (χ0) is 24.7. The minimum atomic E-state index is -0.229. The number of rotatable bonds is 11. The number of likely N-dealkylation sites (tertiary alicyclic amines) is 1. The van der Waals surface area contributed by atoms with Crippen molar-refractivity contribution in [2.24, 2.45) is 5.92 Å². The molecule has 34 heavy (non-hydrogen) atoms. The quantitative estimate of drug-likeness (QED) is 0.523. The molecule has 7 heteroatoms. The van der Waals surface area contributed by atoms with Crippen LogP contribution in [0.25, 0.3) is 0 Å². The Labute approximate surface area is 202 Å². The lowest BCUT2D eigenvalue weighted by Gasteiger charge is -2.25. The number of nitrogens with zero attached hydrogens (tertiary/aromatic N) is 1. The van der Waals surface area contributed by atoms with E-state index in [4.69, 9.17) is 9.47 Å². The summed E-state index contributed by atoms with van der Waals surface area (Å²) in [5, 5.41) is 6.65. The van der Waals surface area contributed by atoms with Crippen molar-refractivity contribution >= 4 is 5.91 Å². The third-order valence-corrected chi connectivity index (χ3v) is 6.40. The van der Waals surface area contributed by atoms with Crippen LogP contribution >= 0.6 is 0 Å². The van der Waals surface area contributed by atoms with Crippen LogP contribution in [0.2, 0.25) is 0 Å². The Morgan fingerprint density at radius 2 is 1.91 bits per heavy atom. The van der Waals surface area contributed by atoms with Crippen LogP contribution in [-0.2, 0) is 17.8 Å². The van der Waals surface area contributed by atoms with E-state index >= 15 is 0 Å². The van der Waals surface area contributed by atoms with E-state index in [1.165, 1.54) is 6.07 Å². The molecule has 1 aliphatic heterocycles. The molecule has 1 saturated heterocycles. The van der Waals surface area contributed by atoms with Crippen molar-refractivity contribution < 1.29 is 18.7 Å². The number of carbonyl (C=O) groups is 1. The molecule has 2 N–H and O–H groups in total. The van der Waals surface area contributed by atoms with Gasteiger partial charge in [0.2, 0.25) is 5.91 Å². The number of methoxy groups -OCH3 is 2. The lowest BCUT2D eigenvalue weighted by Crippen LogP contribution is -2.45. The Morgan fingerprint density at radius 3 is 2.59 bits per heavy atom. The number of hydrogen-bond acceptors (Lipinski definition) is 5. The summed E-state index contributed by atoms with van der Waals surface area (Å²) in [5.41, 5.74) is 2.66. The monoisotopic (exact) mass is 471 g/mol. The number of amides is 1. The lowest BCUT2D eigenvalue weighted by atomic mass is 10.1. The Hall–Kier alpha value is -2.64. The van der Waals surface area contributed by atoms with Crippen molar-refractivity contribution in [3.63, 3.8) is 0 Å². The molecule has 186 valence electrons. The highest BCUT2D eigenvalue weighted by molar-refractivity contribution is 5.82. The van der Waals surface area contributed by atoms with Gasteiger partial charge in [-0.25, -0.2) is 4.39 Å². The molecule has 1 fully saturated rings. The number of ether oxygens (including phenoxy) is 2. The highest BCUT2D eigenvalue weighted by atomic mass is 19.1. The molecule has 1 amide bonds. The van der Waals surface area contributed by atoms with Gasteiger partial charge in [0.25, 0.3) is 0 Å². The standard InChI is InChI=1S/C27H38FN3O3/c1-18(2)16-31-17-22(30-15-21-10-11-25(33-4)19(3)26(21)34-5)14-24(31)27(32)29-13-12-20-8-6-7-9-23(20)28/h6-11,18,22,24,30H,12-17H2,1-5H3,(H,29,32)/t22-,24-/m0/s1. The van der Waals surface area contributed by atoms with Gasteiger partial charge in [-0.15, -0.1) is 0 Å². The van der Waals surface area contributed by atoms with Gasteiger partial charge >= 0.3 is 0 Å². The summed E-state index contributed by atoms with van der Waals surface area (Å²) in [7, 11) is 3.33. The average Bonchev–Trinajstić information content (AvgIpc) is 3.21. The molecule has 0 saturated carbocycles. The minimum Gasteiger partial charge on any atom is -0.496 e. The van der Waals surface area contributed by atoms with Gasteiger partial charge in [0, 0.05) is 43.3 Å². The molecule has 0 aliphatic carbocycles. The van der Waals surface area contributed by atoms with E-state index in [2.05, 4.69) is 29.4 Å². The third kappa shape index (κ3) is 6.48. The molecular formula is C27H38FN3O3. The van der Waals surface area contributed by atoms with Crippen molar-refractivity contribution in [1.82, 2.24) is 15.5 Å². The zero-order valence-corrected chi connectivity index (χ0v) is 21.0. The summed E-state index contributed by atoms with van der Waals surface area (Å²) in [5.74, 6) is 1.87. The van der Waals surface area contributed by atoms with Crippen LogP contribution in [0.4, 0.5) is 4.39 Å². The molecule has 1 heterocycles. The van der Waals surface area contributed by atoms with Gasteiger partial charge in [-0.05, 0) is 43.4 Å². The largest absolute Gasteiger partial charge is 0.496 e. The first-order valence-corrected chi connectivity index (χ1v) is 12.0. The van der Waals surface area contributed by atoms with Gasteiger partial charge in [0.05, 0.1) is 20.3 Å². The Bertz CT molecular complexity index is 966. The van der Waals surface area contributed by atoms with Crippen molar-refractivity contribution in [1.29, 1.82) is 0 Å². The smallest absolute Gasteiger partial charge is 0.237 e. The summed E-state index contributed by atoms with van der Waals surface area (Å²) < 4.78 is 24.9. The normalized spacial score (nSPS) is 18.3. The van der Waals surface area contributed by atoms with Crippen molar-refractivity contribution in [3.05, 3.63) is 58.9 Å². The Morgan fingerprint density at radius 1 is 1.15 bits per heavy atom. The minimum absolute atomic E-state index is 0.0131. The summed E-state index contributed by atoms with van der Waals surface area (Å²) in [6.07, 6.45) is 1.21. The van der Waals surface area contributed by atoms with Gasteiger partial charge < -0.3 is 20.1 Å². The summed E-state index contributed by atoms with van der Waals surface area (Å²) in [6, 6.07) is 10.7. The fourth-order valence-electron chi connectivity index (χ4n) is 4.76. The summed E-state index contributed by atoms with van der Waals surface area (Å²) >= 11 is 0. The van der Waals surface area contributed by atoms with E-state index < -0.39 is 0 Å². The number of carbonyl (C=O) groups excluding carboxylic acids is 1. The van der Waals surface area contributed by atoms with Crippen LogP contribution in [0.1, 0.15) is 37.0 Å². The van der Waals surface area contributed by atoms with E-state index in [9.17, 15) is 9.18 Å². The molecule has 0 spiro atoms. The third-order valence-electron chi connectivity index (χ3n) is 6.40. The first kappa shape index (κ1) is 26.0. The van der Waals surface area contributed by atoms with E-state index in [-0.39, 0.29) is 23.8 Å². The first-order chi connectivity index (χ1) is 16.3. The fourth-order valence-corrected chi connectivity index (χ4v) is 4.76. The van der Waals surface area contributed by atoms with Gasteiger partial charge in [-0.2, -0.15) is 0 Å². The Kier molecular flexibility index (Phi) is 9.30. The second-order valence-electron chi connectivity index (χ2n) is 9.39. The second-order valence-corrected chi connectivity index (χ2v) is 9.39. The van der Waals surface area contributed by atoms with Gasteiger partial charge in [-0.1, -0.05) is 38.1 Å². The molecule has 0 aromatic heterocycles. The fraction of sp³-hybridized carbons (Fsp3) is 0.519. The van der Waals surface area contributed by atoms with E-state index in [0.717, 1.165) is 42.1 Å². The number of halogens is 1. The van der Waals surface area contributed by atoms with E-state index in [0.29, 0.717) is 31.0 Å². The number of benzene rings is 2. The van der Waals surface area contributed by atoms with Gasteiger partial charge in [0.15, 0.2) is 0 Å². The van der Waals surface area contributed by atoms with Crippen molar-refractivity contribution in [2.75, 3.05) is 33.9 Å². The van der Waals surface area contributed by atoms with Crippen LogP contribution in [0.5, 0.6) is 11.5 Å². The maximum atomic E-state index is 13.9. The molecule has 6 nitrogen and oxygen atoms in total. The maximum absolute atomic E-state index is 13.9. The predicted molar refractivity (Wildman–Crippen MR) is 133 cm³/mol. The Balaban J connectivity index is 1.60. The molecule has 0 unspecified atom stereocenters. The van der Waals surface area contributed by atoms with Crippen LogP contribution in [-0.4, -0.2) is 56.7 Å². The van der Waals surface area contributed by atoms with Crippen LogP contribution in [0.15, 0.2) is 36.4 Å². The molecule has 2 atom stereocenters. The maximum Gasteiger partial charge on any atom is 0.237 e. The van der Waals surface area contributed by atoms with E-state index in [1.54, 1.807) is 26.4 Å². The molecule has 3 rings (SSSR count). The van der Waals surface area contributed by atoms with Crippen LogP contribution in [0.3, 0.4) is 0 Å². The number of nitrogens with one attached hydrogen (secondary N) is 2. The molecule has 0 radical (unpaired) electrons. The SMILES string of the molecule is COc1ccc(CN[C@H]2C[C@@H](C(=O)NCCc3ccccc3F)N(CC(C)C)C2)c(OC)c1C. The molecule has 1 aliphatic rings. The molecule has 2 aromatic rings. The summed E-state index contributed by atoms with van der Waals surface area (Å²) in [4.78, 5) is 15.3.